The third-order valence-electron chi connectivity index (χ3n) is 5.31. The minimum atomic E-state index is 0.0848. The number of rotatable bonds is 4. The molecular weight excluding hydrogens is 374 g/mol. The lowest BCUT2D eigenvalue weighted by molar-refractivity contribution is 0.0746. The van der Waals surface area contributed by atoms with Crippen LogP contribution in [0.3, 0.4) is 0 Å². The van der Waals surface area contributed by atoms with Crippen LogP contribution in [-0.4, -0.2) is 47.0 Å². The van der Waals surface area contributed by atoms with E-state index in [0.29, 0.717) is 32.1 Å². The molecule has 6 heteroatoms. The highest BCUT2D eigenvalue weighted by Crippen LogP contribution is 2.20. The highest BCUT2D eigenvalue weighted by atomic mass is 16.2. The van der Waals surface area contributed by atoms with Gasteiger partial charge in [0.2, 0.25) is 5.95 Å². The van der Waals surface area contributed by atoms with Gasteiger partial charge in [0.15, 0.2) is 0 Å². The van der Waals surface area contributed by atoms with Crippen molar-refractivity contribution in [2.75, 3.05) is 36.4 Å². The molecule has 1 amide bonds. The van der Waals surface area contributed by atoms with Crippen LogP contribution in [0.1, 0.15) is 27.2 Å². The normalized spacial score (nSPS) is 14.0. The summed E-state index contributed by atoms with van der Waals surface area (Å²) in [5, 5.41) is 3.36. The topological polar surface area (TPSA) is 61.4 Å². The van der Waals surface area contributed by atoms with Gasteiger partial charge in [-0.15, -0.1) is 0 Å². The Balaban J connectivity index is 1.42. The van der Waals surface area contributed by atoms with E-state index in [1.165, 1.54) is 5.56 Å². The maximum absolute atomic E-state index is 12.8. The maximum Gasteiger partial charge on any atom is 0.253 e. The highest BCUT2D eigenvalue weighted by molar-refractivity contribution is 5.94. The molecule has 0 atom stereocenters. The van der Waals surface area contributed by atoms with E-state index in [1.807, 2.05) is 61.2 Å². The van der Waals surface area contributed by atoms with Crippen LogP contribution in [0.25, 0.3) is 0 Å². The summed E-state index contributed by atoms with van der Waals surface area (Å²) in [6.45, 7) is 8.81. The molecule has 1 aliphatic rings. The van der Waals surface area contributed by atoms with Crippen molar-refractivity contribution in [1.29, 1.82) is 0 Å². The number of hydrogen-bond acceptors (Lipinski definition) is 5. The molecule has 1 fully saturated rings. The van der Waals surface area contributed by atoms with E-state index >= 15 is 0 Å². The van der Waals surface area contributed by atoms with E-state index in [-0.39, 0.29) is 5.91 Å². The van der Waals surface area contributed by atoms with Crippen molar-refractivity contribution in [2.24, 2.45) is 0 Å². The first-order chi connectivity index (χ1) is 14.5. The quantitative estimate of drug-likeness (QED) is 0.713. The Labute approximate surface area is 177 Å². The third kappa shape index (κ3) is 4.59. The van der Waals surface area contributed by atoms with Gasteiger partial charge in [0, 0.05) is 49.2 Å². The second-order valence-corrected chi connectivity index (χ2v) is 7.83. The molecule has 1 saturated heterocycles. The number of amides is 1. The molecule has 1 aliphatic heterocycles. The molecule has 0 aliphatic carbocycles. The Hall–Kier alpha value is -3.41. The van der Waals surface area contributed by atoms with E-state index in [0.717, 1.165) is 28.3 Å². The Bertz CT molecular complexity index is 1020. The molecule has 1 N–H and O–H groups in total. The molecule has 0 radical (unpaired) electrons. The molecule has 6 nitrogen and oxygen atoms in total. The number of carbonyl (C=O) groups is 1. The van der Waals surface area contributed by atoms with Gasteiger partial charge in [-0.2, -0.15) is 4.98 Å². The number of aromatic nitrogens is 2. The van der Waals surface area contributed by atoms with Crippen LogP contribution < -0.4 is 10.2 Å². The summed E-state index contributed by atoms with van der Waals surface area (Å²) in [6, 6.07) is 17.9. The van der Waals surface area contributed by atoms with E-state index in [1.54, 1.807) is 0 Å². The second kappa shape index (κ2) is 8.53. The Kier molecular flexibility index (Phi) is 5.65. The molecule has 0 bridgehead atoms. The molecule has 0 unspecified atom stereocenters. The zero-order valence-corrected chi connectivity index (χ0v) is 17.7. The molecule has 0 spiro atoms. The summed E-state index contributed by atoms with van der Waals surface area (Å²) in [4.78, 5) is 26.1. The summed E-state index contributed by atoms with van der Waals surface area (Å²) in [7, 11) is 0. The molecule has 154 valence electrons. The average Bonchev–Trinajstić information content (AvgIpc) is 2.75. The number of carbonyl (C=O) groups excluding carboxylic acids is 1. The second-order valence-electron chi connectivity index (χ2n) is 7.83. The van der Waals surface area contributed by atoms with Crippen LogP contribution in [0.2, 0.25) is 0 Å². The predicted molar refractivity (Wildman–Crippen MR) is 121 cm³/mol. The van der Waals surface area contributed by atoms with E-state index in [2.05, 4.69) is 34.3 Å². The fourth-order valence-corrected chi connectivity index (χ4v) is 3.53. The minimum Gasteiger partial charge on any atom is -0.340 e. The molecule has 3 aromatic rings. The average molecular weight is 402 g/mol. The van der Waals surface area contributed by atoms with Crippen molar-refractivity contribution in [1.82, 2.24) is 14.9 Å². The maximum atomic E-state index is 12.8. The standard InChI is InChI=1S/C24H27N5O/c1-17-4-8-20(9-5-17)23(30)28-12-14-29(15-13-28)24-25-19(3)16-22(27-24)26-21-10-6-18(2)7-11-21/h4-11,16H,12-15H2,1-3H3,(H,25,26,27). The number of piperazine rings is 1. The monoisotopic (exact) mass is 401 g/mol. The molecule has 30 heavy (non-hydrogen) atoms. The number of anilines is 3. The van der Waals surface area contributed by atoms with Gasteiger partial charge in [0.05, 0.1) is 0 Å². The number of aryl methyl sites for hydroxylation is 3. The van der Waals surface area contributed by atoms with Crippen molar-refractivity contribution in [3.8, 4) is 0 Å². The number of hydrogen-bond donors (Lipinski definition) is 1. The largest absolute Gasteiger partial charge is 0.340 e. The fourth-order valence-electron chi connectivity index (χ4n) is 3.53. The fraction of sp³-hybridized carbons (Fsp3) is 0.292. The number of nitrogens with one attached hydrogen (secondary N) is 1. The number of nitrogens with zero attached hydrogens (tertiary/aromatic N) is 4. The van der Waals surface area contributed by atoms with Crippen LogP contribution in [0, 0.1) is 20.8 Å². The van der Waals surface area contributed by atoms with Gasteiger partial charge in [-0.3, -0.25) is 4.79 Å². The Morgan fingerprint density at radius 3 is 2.07 bits per heavy atom. The van der Waals surface area contributed by atoms with Crippen LogP contribution >= 0.6 is 0 Å². The lowest BCUT2D eigenvalue weighted by Gasteiger charge is -2.35. The first-order valence-electron chi connectivity index (χ1n) is 10.3. The van der Waals surface area contributed by atoms with Crippen molar-refractivity contribution in [3.05, 3.63) is 77.0 Å². The van der Waals surface area contributed by atoms with E-state index in [4.69, 9.17) is 4.98 Å². The van der Waals surface area contributed by atoms with Crippen molar-refractivity contribution in [2.45, 2.75) is 20.8 Å². The lowest BCUT2D eigenvalue weighted by atomic mass is 10.1. The number of benzene rings is 2. The first-order valence-corrected chi connectivity index (χ1v) is 10.3. The summed E-state index contributed by atoms with van der Waals surface area (Å²) in [5.41, 5.74) is 5.03. The summed E-state index contributed by atoms with van der Waals surface area (Å²) in [6.07, 6.45) is 0. The lowest BCUT2D eigenvalue weighted by Crippen LogP contribution is -2.49. The smallest absolute Gasteiger partial charge is 0.253 e. The van der Waals surface area contributed by atoms with E-state index < -0.39 is 0 Å². The van der Waals surface area contributed by atoms with Gasteiger partial charge in [0.1, 0.15) is 5.82 Å². The molecule has 4 rings (SSSR count). The van der Waals surface area contributed by atoms with Crippen LogP contribution in [0.5, 0.6) is 0 Å². The summed E-state index contributed by atoms with van der Waals surface area (Å²) in [5.74, 6) is 1.56. The van der Waals surface area contributed by atoms with Crippen LogP contribution in [0.15, 0.2) is 54.6 Å². The molecular formula is C24H27N5O. The molecule has 2 heterocycles. The van der Waals surface area contributed by atoms with Gasteiger partial charge in [-0.25, -0.2) is 4.98 Å². The Morgan fingerprint density at radius 1 is 0.833 bits per heavy atom. The third-order valence-corrected chi connectivity index (χ3v) is 5.31. The minimum absolute atomic E-state index is 0.0848. The summed E-state index contributed by atoms with van der Waals surface area (Å²) < 4.78 is 0. The first kappa shape index (κ1) is 19.9. The SMILES string of the molecule is Cc1ccc(Nc2cc(C)nc(N3CCN(C(=O)c4ccc(C)cc4)CC3)n2)cc1. The van der Waals surface area contributed by atoms with Crippen molar-refractivity contribution >= 4 is 23.4 Å². The summed E-state index contributed by atoms with van der Waals surface area (Å²) >= 11 is 0. The Morgan fingerprint density at radius 2 is 1.43 bits per heavy atom. The zero-order chi connectivity index (χ0) is 21.1. The zero-order valence-electron chi connectivity index (χ0n) is 17.7. The van der Waals surface area contributed by atoms with Gasteiger partial charge in [-0.1, -0.05) is 35.4 Å². The van der Waals surface area contributed by atoms with Crippen molar-refractivity contribution in [3.63, 3.8) is 0 Å². The highest BCUT2D eigenvalue weighted by Gasteiger charge is 2.24. The van der Waals surface area contributed by atoms with Crippen LogP contribution in [0.4, 0.5) is 17.5 Å². The van der Waals surface area contributed by atoms with Crippen molar-refractivity contribution < 1.29 is 4.79 Å². The van der Waals surface area contributed by atoms with Gasteiger partial charge >= 0.3 is 0 Å². The van der Waals surface area contributed by atoms with Gasteiger partial charge < -0.3 is 15.1 Å². The molecule has 1 aromatic heterocycles. The van der Waals surface area contributed by atoms with Gasteiger partial charge in [0.25, 0.3) is 5.91 Å². The van der Waals surface area contributed by atoms with Crippen LogP contribution in [-0.2, 0) is 0 Å². The predicted octanol–water partition coefficient (Wildman–Crippen LogP) is 4.11. The molecule has 0 saturated carbocycles. The van der Waals surface area contributed by atoms with E-state index in [9.17, 15) is 4.79 Å². The molecule has 2 aromatic carbocycles. The van der Waals surface area contributed by atoms with Gasteiger partial charge in [-0.05, 0) is 45.0 Å².